The molecule has 0 atom stereocenters. The predicted octanol–water partition coefficient (Wildman–Crippen LogP) is 6.24. The molecule has 0 spiro atoms. The highest BCUT2D eigenvalue weighted by Gasteiger charge is 2.15. The van der Waals surface area contributed by atoms with Gasteiger partial charge in [-0.3, -0.25) is 4.79 Å². The van der Waals surface area contributed by atoms with Crippen molar-refractivity contribution < 1.29 is 13.9 Å². The molecule has 0 saturated carbocycles. The van der Waals surface area contributed by atoms with Crippen LogP contribution in [-0.4, -0.2) is 15.7 Å². The summed E-state index contributed by atoms with van der Waals surface area (Å²) in [6, 6.07) is 31.0. The van der Waals surface area contributed by atoms with Crippen molar-refractivity contribution in [2.45, 2.75) is 20.1 Å². The van der Waals surface area contributed by atoms with Crippen molar-refractivity contribution in [2.75, 3.05) is 0 Å². The number of aromatic nitrogens is 2. The van der Waals surface area contributed by atoms with Gasteiger partial charge in [0.2, 0.25) is 0 Å². The maximum absolute atomic E-state index is 12.8. The van der Waals surface area contributed by atoms with Crippen molar-refractivity contribution in [1.82, 2.24) is 15.1 Å². The van der Waals surface area contributed by atoms with Crippen LogP contribution in [0.2, 0.25) is 0 Å². The van der Waals surface area contributed by atoms with Crippen LogP contribution in [0.3, 0.4) is 0 Å². The first-order valence-corrected chi connectivity index (χ1v) is 12.5. The Bertz CT molecular complexity index is 1610. The lowest BCUT2D eigenvalue weighted by molar-refractivity contribution is -0.117. The molecule has 0 aliphatic carbocycles. The van der Waals surface area contributed by atoms with Crippen molar-refractivity contribution in [1.29, 1.82) is 5.26 Å². The van der Waals surface area contributed by atoms with Crippen LogP contribution in [0.15, 0.2) is 113 Å². The number of ether oxygens (including phenoxy) is 1. The van der Waals surface area contributed by atoms with Crippen LogP contribution in [0.1, 0.15) is 22.5 Å². The second-order valence-electron chi connectivity index (χ2n) is 8.94. The molecule has 3 aromatic carbocycles. The third kappa shape index (κ3) is 6.32. The molecule has 7 nitrogen and oxygen atoms in total. The average Bonchev–Trinajstić information content (AvgIpc) is 3.65. The lowest BCUT2D eigenvalue weighted by Gasteiger charge is -2.08. The molecular weight excluding hydrogens is 488 g/mol. The molecular formula is C32H26N4O3. The Labute approximate surface area is 226 Å². The van der Waals surface area contributed by atoms with Gasteiger partial charge in [0, 0.05) is 17.3 Å². The summed E-state index contributed by atoms with van der Waals surface area (Å²) in [5.41, 5.74) is 5.22. The predicted molar refractivity (Wildman–Crippen MR) is 149 cm³/mol. The molecule has 2 heterocycles. The lowest BCUT2D eigenvalue weighted by Crippen LogP contribution is -2.23. The smallest absolute Gasteiger partial charge is 0.262 e. The van der Waals surface area contributed by atoms with Gasteiger partial charge in [0.1, 0.15) is 29.8 Å². The summed E-state index contributed by atoms with van der Waals surface area (Å²) >= 11 is 0. The van der Waals surface area contributed by atoms with Gasteiger partial charge in [0.25, 0.3) is 5.91 Å². The number of amides is 1. The van der Waals surface area contributed by atoms with E-state index in [0.29, 0.717) is 23.6 Å². The van der Waals surface area contributed by atoms with E-state index >= 15 is 0 Å². The summed E-state index contributed by atoms with van der Waals surface area (Å²) in [5, 5.41) is 17.3. The number of carbonyl (C=O) groups excluding carboxylic acids is 1. The SMILES string of the molecule is Cc1ccc(COc2ccc(-c3nn(-c4ccccc4)cc3/C=C(/C#N)C(=O)NCc3ccco3)cc2)cc1. The molecule has 0 bridgehead atoms. The summed E-state index contributed by atoms with van der Waals surface area (Å²) in [7, 11) is 0. The quantitative estimate of drug-likeness (QED) is 0.186. The number of hydrogen-bond acceptors (Lipinski definition) is 5. The lowest BCUT2D eigenvalue weighted by atomic mass is 10.1. The standard InChI is InChI=1S/C32H26N4O3/c1-23-9-11-24(12-10-23)22-39-29-15-13-25(14-16-29)31-27(21-36(35-31)28-6-3-2-4-7-28)18-26(19-33)32(37)34-20-30-8-5-17-38-30/h2-18,21H,20,22H2,1H3,(H,34,37)/b26-18-. The second kappa shape index (κ2) is 11.8. The van der Waals surface area contributed by atoms with Crippen LogP contribution in [0, 0.1) is 18.3 Å². The van der Waals surface area contributed by atoms with Crippen LogP contribution < -0.4 is 10.1 Å². The van der Waals surface area contributed by atoms with Crippen molar-refractivity contribution in [3.63, 3.8) is 0 Å². The maximum Gasteiger partial charge on any atom is 0.262 e. The molecule has 0 unspecified atom stereocenters. The largest absolute Gasteiger partial charge is 0.489 e. The van der Waals surface area contributed by atoms with E-state index in [9.17, 15) is 10.1 Å². The third-order valence-electron chi connectivity index (χ3n) is 6.09. The zero-order valence-electron chi connectivity index (χ0n) is 21.4. The first-order valence-electron chi connectivity index (χ1n) is 12.5. The van der Waals surface area contributed by atoms with Gasteiger partial charge < -0.3 is 14.5 Å². The highest BCUT2D eigenvalue weighted by Crippen LogP contribution is 2.28. The summed E-state index contributed by atoms with van der Waals surface area (Å²) in [4.78, 5) is 12.8. The number of carbonyl (C=O) groups is 1. The molecule has 39 heavy (non-hydrogen) atoms. The molecule has 5 aromatic rings. The molecule has 5 rings (SSSR count). The van der Waals surface area contributed by atoms with Crippen LogP contribution in [-0.2, 0) is 17.9 Å². The molecule has 0 aliphatic heterocycles. The van der Waals surface area contributed by atoms with Crippen molar-refractivity contribution in [3.05, 3.63) is 131 Å². The molecule has 0 saturated heterocycles. The van der Waals surface area contributed by atoms with E-state index < -0.39 is 5.91 Å². The number of aryl methyl sites for hydroxylation is 1. The van der Waals surface area contributed by atoms with Crippen LogP contribution in [0.5, 0.6) is 5.75 Å². The van der Waals surface area contributed by atoms with Crippen molar-refractivity contribution in [2.24, 2.45) is 0 Å². The van der Waals surface area contributed by atoms with Gasteiger partial charge in [-0.1, -0.05) is 48.0 Å². The van der Waals surface area contributed by atoms with Gasteiger partial charge in [-0.15, -0.1) is 0 Å². The minimum absolute atomic E-state index is 0.0338. The molecule has 2 aromatic heterocycles. The Kier molecular flexibility index (Phi) is 7.66. The molecule has 0 fully saturated rings. The minimum Gasteiger partial charge on any atom is -0.489 e. The number of nitrogens with one attached hydrogen (secondary N) is 1. The number of benzene rings is 3. The molecule has 0 aliphatic rings. The maximum atomic E-state index is 12.8. The average molecular weight is 515 g/mol. The van der Waals surface area contributed by atoms with Crippen molar-refractivity contribution >= 4 is 12.0 Å². The summed E-state index contributed by atoms with van der Waals surface area (Å²) in [6.45, 7) is 2.71. The van der Waals surface area contributed by atoms with E-state index in [4.69, 9.17) is 14.3 Å². The highest BCUT2D eigenvalue weighted by molar-refractivity contribution is 6.02. The Hall–Kier alpha value is -5.35. The highest BCUT2D eigenvalue weighted by atomic mass is 16.5. The Morgan fingerprint density at radius 2 is 1.79 bits per heavy atom. The van der Waals surface area contributed by atoms with Gasteiger partial charge in [-0.05, 0) is 67.1 Å². The Morgan fingerprint density at radius 3 is 2.49 bits per heavy atom. The topological polar surface area (TPSA) is 93.1 Å². The zero-order chi connectivity index (χ0) is 27.0. The third-order valence-corrected chi connectivity index (χ3v) is 6.09. The zero-order valence-corrected chi connectivity index (χ0v) is 21.4. The summed E-state index contributed by atoms with van der Waals surface area (Å²) < 4.78 is 13.0. The van der Waals surface area contributed by atoms with Gasteiger partial charge >= 0.3 is 0 Å². The van der Waals surface area contributed by atoms with Gasteiger partial charge in [0.15, 0.2) is 0 Å². The summed E-state index contributed by atoms with van der Waals surface area (Å²) in [6.07, 6.45) is 4.90. The molecule has 7 heteroatoms. The number of hydrogen-bond donors (Lipinski definition) is 1. The first kappa shape index (κ1) is 25.3. The van der Waals surface area contributed by atoms with Gasteiger partial charge in [-0.2, -0.15) is 10.4 Å². The molecule has 192 valence electrons. The second-order valence-corrected chi connectivity index (χ2v) is 8.94. The fourth-order valence-electron chi connectivity index (χ4n) is 3.97. The molecule has 1 N–H and O–H groups in total. The normalized spacial score (nSPS) is 11.1. The van der Waals surface area contributed by atoms with E-state index in [1.54, 1.807) is 22.9 Å². The number of rotatable bonds is 9. The van der Waals surface area contributed by atoms with Crippen LogP contribution >= 0.6 is 0 Å². The van der Waals surface area contributed by atoms with Crippen LogP contribution in [0.25, 0.3) is 23.0 Å². The first-order chi connectivity index (χ1) is 19.1. The molecule has 1 amide bonds. The number of para-hydroxylation sites is 1. The number of furan rings is 1. The van der Waals surface area contributed by atoms with Gasteiger partial charge in [-0.25, -0.2) is 4.68 Å². The number of nitrogens with zero attached hydrogens (tertiary/aromatic N) is 3. The Morgan fingerprint density at radius 1 is 1.03 bits per heavy atom. The van der Waals surface area contributed by atoms with Gasteiger partial charge in [0.05, 0.1) is 24.2 Å². The fourth-order valence-corrected chi connectivity index (χ4v) is 3.97. The monoisotopic (exact) mass is 514 g/mol. The van der Waals surface area contributed by atoms with E-state index in [1.807, 2.05) is 66.9 Å². The van der Waals surface area contributed by atoms with E-state index in [1.165, 1.54) is 11.8 Å². The fraction of sp³-hybridized carbons (Fsp3) is 0.0938. The van der Waals surface area contributed by atoms with Crippen molar-refractivity contribution in [3.8, 4) is 28.8 Å². The molecule has 0 radical (unpaired) electrons. The van der Waals surface area contributed by atoms with E-state index in [0.717, 1.165) is 22.6 Å². The van der Waals surface area contributed by atoms with Crippen LogP contribution in [0.4, 0.5) is 0 Å². The van der Waals surface area contributed by atoms with E-state index in [2.05, 4.69) is 36.5 Å². The minimum atomic E-state index is -0.493. The summed E-state index contributed by atoms with van der Waals surface area (Å²) in [5.74, 6) is 0.837. The Balaban J connectivity index is 1.41. The van der Waals surface area contributed by atoms with E-state index in [-0.39, 0.29) is 12.1 Å². The number of nitriles is 1.